The molecule has 0 aromatic carbocycles. The first-order chi connectivity index (χ1) is 9.06. The summed E-state index contributed by atoms with van der Waals surface area (Å²) in [5, 5.41) is 11.1. The summed E-state index contributed by atoms with van der Waals surface area (Å²) in [5.74, 6) is 0.631. The fraction of sp³-hybridized carbons (Fsp3) is 0.417. The van der Waals surface area contributed by atoms with Crippen LogP contribution in [0.2, 0.25) is 5.15 Å². The molecule has 0 amide bonds. The molecule has 1 aliphatic rings. The van der Waals surface area contributed by atoms with Crippen LogP contribution in [-0.2, 0) is 6.54 Å². The van der Waals surface area contributed by atoms with Crippen LogP contribution in [0.5, 0.6) is 0 Å². The zero-order valence-corrected chi connectivity index (χ0v) is 11.4. The molecule has 1 fully saturated rings. The van der Waals surface area contributed by atoms with Gasteiger partial charge in [0.05, 0.1) is 4.92 Å². The number of nitrogens with zero attached hydrogens (tertiary/aromatic N) is 4. The van der Waals surface area contributed by atoms with Crippen molar-refractivity contribution >= 4 is 11.6 Å². The van der Waals surface area contributed by atoms with Crippen molar-refractivity contribution in [1.29, 1.82) is 0 Å². The number of rotatable bonds is 3. The van der Waals surface area contributed by atoms with Crippen LogP contribution in [0.15, 0.2) is 30.4 Å². The van der Waals surface area contributed by atoms with Crippen LogP contribution in [0.1, 0.15) is 12.0 Å². The standard InChI is InChI=1S/C12H15ClN4O2/c1-15-5-2-6-16(12(15)9-17(18)19)8-10-3-4-11(13)14-7-10/h3-4,7,9H,2,5-6,8H2,1H3/b12-9-. The summed E-state index contributed by atoms with van der Waals surface area (Å²) >= 11 is 5.74. The first-order valence-corrected chi connectivity index (χ1v) is 6.36. The molecule has 1 aromatic rings. The topological polar surface area (TPSA) is 62.5 Å². The maximum Gasteiger partial charge on any atom is 0.274 e. The van der Waals surface area contributed by atoms with E-state index < -0.39 is 4.92 Å². The molecule has 1 saturated heterocycles. The molecule has 1 aliphatic heterocycles. The molecule has 0 atom stereocenters. The minimum atomic E-state index is -0.412. The van der Waals surface area contributed by atoms with Crippen molar-refractivity contribution in [3.63, 3.8) is 0 Å². The van der Waals surface area contributed by atoms with Crippen LogP contribution in [-0.4, -0.2) is 39.8 Å². The van der Waals surface area contributed by atoms with E-state index in [0.717, 1.165) is 31.3 Å². The SMILES string of the molecule is CN1CCCN(Cc2ccc(Cl)nc2)/C1=C\[N+](=O)[O-]. The third-order valence-corrected chi connectivity index (χ3v) is 3.24. The Balaban J connectivity index is 2.16. The lowest BCUT2D eigenvalue weighted by molar-refractivity contribution is -0.405. The maximum atomic E-state index is 10.7. The highest BCUT2D eigenvalue weighted by Crippen LogP contribution is 2.19. The molecule has 0 saturated carbocycles. The van der Waals surface area contributed by atoms with Crippen LogP contribution in [0.3, 0.4) is 0 Å². The van der Waals surface area contributed by atoms with Gasteiger partial charge in [-0.15, -0.1) is 0 Å². The first kappa shape index (κ1) is 13.6. The van der Waals surface area contributed by atoms with Crippen LogP contribution in [0.25, 0.3) is 0 Å². The van der Waals surface area contributed by atoms with E-state index in [1.54, 1.807) is 12.3 Å². The lowest BCUT2D eigenvalue weighted by atomic mass is 10.2. The molecular formula is C12H15ClN4O2. The normalized spacial score (nSPS) is 17.9. The second-order valence-electron chi connectivity index (χ2n) is 4.46. The predicted molar refractivity (Wildman–Crippen MR) is 72.0 cm³/mol. The minimum Gasteiger partial charge on any atom is -0.356 e. The van der Waals surface area contributed by atoms with E-state index >= 15 is 0 Å². The van der Waals surface area contributed by atoms with Crippen molar-refractivity contribution in [2.45, 2.75) is 13.0 Å². The molecule has 0 unspecified atom stereocenters. The summed E-state index contributed by atoms with van der Waals surface area (Å²) in [5.41, 5.74) is 0.981. The average molecular weight is 283 g/mol. The third kappa shape index (κ3) is 3.57. The predicted octanol–water partition coefficient (Wildman–Crippen LogP) is 1.95. The Kier molecular flexibility index (Phi) is 4.21. The summed E-state index contributed by atoms with van der Waals surface area (Å²) in [6, 6.07) is 3.61. The largest absolute Gasteiger partial charge is 0.356 e. The van der Waals surface area contributed by atoms with Gasteiger partial charge in [0, 0.05) is 32.9 Å². The average Bonchev–Trinajstić information content (AvgIpc) is 2.36. The molecule has 0 bridgehead atoms. The van der Waals surface area contributed by atoms with Crippen LogP contribution in [0, 0.1) is 10.1 Å². The second-order valence-corrected chi connectivity index (χ2v) is 4.85. The van der Waals surface area contributed by atoms with Crippen molar-refractivity contribution in [3.8, 4) is 0 Å². The minimum absolute atomic E-state index is 0.412. The van der Waals surface area contributed by atoms with Gasteiger partial charge in [-0.2, -0.15) is 0 Å². The highest BCUT2D eigenvalue weighted by atomic mass is 35.5. The van der Waals surface area contributed by atoms with E-state index in [1.165, 1.54) is 0 Å². The Labute approximate surface area is 116 Å². The monoisotopic (exact) mass is 282 g/mol. The number of halogens is 1. The van der Waals surface area contributed by atoms with E-state index in [-0.39, 0.29) is 0 Å². The van der Waals surface area contributed by atoms with Gasteiger partial charge in [-0.25, -0.2) is 4.98 Å². The highest BCUT2D eigenvalue weighted by molar-refractivity contribution is 6.29. The van der Waals surface area contributed by atoms with Gasteiger partial charge in [0.25, 0.3) is 6.20 Å². The molecule has 7 heteroatoms. The molecule has 1 aromatic heterocycles. The molecule has 2 rings (SSSR count). The maximum absolute atomic E-state index is 10.7. The Morgan fingerprint density at radius 2 is 2.32 bits per heavy atom. The van der Waals surface area contributed by atoms with Gasteiger partial charge in [-0.1, -0.05) is 17.7 Å². The van der Waals surface area contributed by atoms with Gasteiger partial charge in [0.2, 0.25) is 0 Å². The van der Waals surface area contributed by atoms with Crippen molar-refractivity contribution in [3.05, 3.63) is 51.2 Å². The molecule has 6 nitrogen and oxygen atoms in total. The fourth-order valence-corrected chi connectivity index (χ4v) is 2.24. The van der Waals surface area contributed by atoms with Crippen LogP contribution in [0.4, 0.5) is 0 Å². The summed E-state index contributed by atoms with van der Waals surface area (Å²) in [6.45, 7) is 2.22. The summed E-state index contributed by atoms with van der Waals surface area (Å²) in [7, 11) is 1.86. The van der Waals surface area contributed by atoms with Crippen molar-refractivity contribution in [1.82, 2.24) is 14.8 Å². The van der Waals surface area contributed by atoms with Gasteiger partial charge < -0.3 is 9.80 Å². The number of pyridine rings is 1. The molecule has 0 aliphatic carbocycles. The van der Waals surface area contributed by atoms with Crippen LogP contribution < -0.4 is 0 Å². The summed E-state index contributed by atoms with van der Waals surface area (Å²) in [4.78, 5) is 18.2. The van der Waals surface area contributed by atoms with Crippen molar-refractivity contribution in [2.24, 2.45) is 0 Å². The summed E-state index contributed by atoms with van der Waals surface area (Å²) in [6.07, 6.45) is 3.73. The lowest BCUT2D eigenvalue weighted by Crippen LogP contribution is -2.40. The molecule has 0 radical (unpaired) electrons. The number of hydrogen-bond donors (Lipinski definition) is 0. The number of hydrogen-bond acceptors (Lipinski definition) is 5. The molecule has 102 valence electrons. The lowest BCUT2D eigenvalue weighted by Gasteiger charge is -2.36. The molecule has 0 N–H and O–H groups in total. The molecule has 0 spiro atoms. The van der Waals surface area contributed by atoms with E-state index in [9.17, 15) is 10.1 Å². The quantitative estimate of drug-likeness (QED) is 0.482. The van der Waals surface area contributed by atoms with Gasteiger partial charge >= 0.3 is 0 Å². The van der Waals surface area contributed by atoms with Gasteiger partial charge in [0.1, 0.15) is 5.15 Å². The highest BCUT2D eigenvalue weighted by Gasteiger charge is 2.22. The Hall–Kier alpha value is -1.82. The number of nitro groups is 1. The second kappa shape index (κ2) is 5.88. The van der Waals surface area contributed by atoms with Crippen molar-refractivity contribution < 1.29 is 4.92 Å². The smallest absolute Gasteiger partial charge is 0.274 e. The van der Waals surface area contributed by atoms with E-state index in [1.807, 2.05) is 22.9 Å². The first-order valence-electron chi connectivity index (χ1n) is 5.98. The van der Waals surface area contributed by atoms with E-state index in [2.05, 4.69) is 4.98 Å². The Morgan fingerprint density at radius 3 is 2.95 bits per heavy atom. The van der Waals surface area contributed by atoms with Crippen molar-refractivity contribution in [2.75, 3.05) is 20.1 Å². The van der Waals surface area contributed by atoms with Gasteiger partial charge in [-0.05, 0) is 18.1 Å². The number of aromatic nitrogens is 1. The fourth-order valence-electron chi connectivity index (χ4n) is 2.12. The molecular weight excluding hydrogens is 268 g/mol. The Morgan fingerprint density at radius 1 is 1.53 bits per heavy atom. The van der Waals surface area contributed by atoms with Crippen LogP contribution >= 0.6 is 11.6 Å². The van der Waals surface area contributed by atoms with Gasteiger partial charge in [0.15, 0.2) is 5.82 Å². The zero-order chi connectivity index (χ0) is 13.8. The van der Waals surface area contributed by atoms with E-state index in [0.29, 0.717) is 17.5 Å². The summed E-state index contributed by atoms with van der Waals surface area (Å²) < 4.78 is 0. The van der Waals surface area contributed by atoms with E-state index in [4.69, 9.17) is 11.6 Å². The van der Waals surface area contributed by atoms with Gasteiger partial charge in [-0.3, -0.25) is 10.1 Å². The molecule has 2 heterocycles. The zero-order valence-electron chi connectivity index (χ0n) is 10.6. The molecule has 19 heavy (non-hydrogen) atoms. The Bertz CT molecular complexity index is 489. The third-order valence-electron chi connectivity index (χ3n) is 3.02.